The minimum Gasteiger partial charge on any atom is -0.275 e. The van der Waals surface area contributed by atoms with Crippen LogP contribution in [0.15, 0.2) is 59.8 Å². The first-order chi connectivity index (χ1) is 15.9. The molecule has 0 amide bonds. The molecule has 0 fully saturated rings. The van der Waals surface area contributed by atoms with Gasteiger partial charge in [-0.2, -0.15) is 5.10 Å². The first kappa shape index (κ1) is 21.2. The van der Waals surface area contributed by atoms with Crippen molar-refractivity contribution < 1.29 is 4.39 Å². The summed E-state index contributed by atoms with van der Waals surface area (Å²) in [4.78, 5) is 19.6. The molecule has 0 saturated heterocycles. The van der Waals surface area contributed by atoms with E-state index in [2.05, 4.69) is 15.1 Å². The first-order valence-corrected chi connectivity index (χ1v) is 11.6. The van der Waals surface area contributed by atoms with Crippen molar-refractivity contribution >= 4 is 22.9 Å². The van der Waals surface area contributed by atoms with Gasteiger partial charge in [-0.3, -0.25) is 4.68 Å². The molecule has 0 saturated carbocycles. The van der Waals surface area contributed by atoms with Gasteiger partial charge < -0.3 is 0 Å². The lowest BCUT2D eigenvalue weighted by molar-refractivity contribution is 0.627. The van der Waals surface area contributed by atoms with E-state index in [4.69, 9.17) is 9.97 Å². The molecule has 6 nitrogen and oxygen atoms in total. The molecule has 0 bridgehead atoms. The minimum absolute atomic E-state index is 0.350. The van der Waals surface area contributed by atoms with E-state index >= 15 is 4.39 Å². The van der Waals surface area contributed by atoms with Crippen molar-refractivity contribution in [2.75, 3.05) is 6.26 Å². The fourth-order valence-electron chi connectivity index (χ4n) is 3.65. The van der Waals surface area contributed by atoms with Gasteiger partial charge in [0.25, 0.3) is 0 Å². The Labute approximate surface area is 195 Å². The second-order valence-electron chi connectivity index (χ2n) is 7.79. The molecule has 0 N–H and O–H groups in total. The smallest absolute Gasteiger partial charge is 0.182 e. The monoisotopic (exact) mass is 456 g/mol. The molecule has 3 heterocycles. The van der Waals surface area contributed by atoms with Crippen molar-refractivity contribution in [3.63, 3.8) is 0 Å². The third-order valence-corrected chi connectivity index (χ3v) is 6.26. The lowest BCUT2D eigenvalue weighted by atomic mass is 10.1. The second kappa shape index (κ2) is 8.37. The van der Waals surface area contributed by atoms with Gasteiger partial charge in [-0.1, -0.05) is 18.2 Å². The molecule has 5 rings (SSSR count). The van der Waals surface area contributed by atoms with Crippen LogP contribution in [-0.4, -0.2) is 36.0 Å². The zero-order chi connectivity index (χ0) is 23.1. The summed E-state index contributed by atoms with van der Waals surface area (Å²) < 4.78 is 16.9. The molecule has 5 aromatic rings. The quantitative estimate of drug-likeness (QED) is 0.326. The highest BCUT2D eigenvalue weighted by molar-refractivity contribution is 7.98. The molecular formula is C25H21FN6S. The number of nitrogens with zero attached hydrogens (tertiary/aromatic N) is 6. The van der Waals surface area contributed by atoms with Crippen molar-refractivity contribution in [2.45, 2.75) is 18.7 Å². The molecule has 0 unspecified atom stereocenters. The van der Waals surface area contributed by atoms with Crippen LogP contribution in [0, 0.1) is 19.7 Å². The molecule has 2 aromatic carbocycles. The number of thioether (sulfide) groups is 1. The highest BCUT2D eigenvalue weighted by Crippen LogP contribution is 2.32. The van der Waals surface area contributed by atoms with Crippen molar-refractivity contribution in [1.29, 1.82) is 0 Å². The third kappa shape index (κ3) is 3.98. The van der Waals surface area contributed by atoms with Crippen LogP contribution >= 0.6 is 11.8 Å². The summed E-state index contributed by atoms with van der Waals surface area (Å²) in [5.74, 6) is 0.117. The molecule has 33 heavy (non-hydrogen) atoms. The first-order valence-electron chi connectivity index (χ1n) is 10.4. The maximum absolute atomic E-state index is 15.1. The van der Waals surface area contributed by atoms with Crippen molar-refractivity contribution in [2.24, 2.45) is 7.05 Å². The van der Waals surface area contributed by atoms with Crippen LogP contribution in [0.2, 0.25) is 0 Å². The summed E-state index contributed by atoms with van der Waals surface area (Å²) in [6.07, 6.45) is 5.68. The number of benzene rings is 2. The molecule has 164 valence electrons. The standard InChI is InChI=1S/C25H21FN6S/c1-14-15(2)29-25-23(28-14)22(20-9-8-19(33-4)11-21(20)26)30-24(31-25)17-7-5-6-16(10-17)18-12-27-32(3)13-18/h5-13H,1-4H3. The molecular weight excluding hydrogens is 435 g/mol. The third-order valence-electron chi connectivity index (χ3n) is 5.53. The number of halogens is 1. The Hall–Kier alpha value is -3.65. The van der Waals surface area contributed by atoms with Gasteiger partial charge in [0.1, 0.15) is 17.0 Å². The number of aromatic nitrogens is 6. The van der Waals surface area contributed by atoms with Crippen LogP contribution in [0.4, 0.5) is 4.39 Å². The van der Waals surface area contributed by atoms with Crippen molar-refractivity contribution in [1.82, 2.24) is 29.7 Å². The average Bonchev–Trinajstić information content (AvgIpc) is 3.26. The van der Waals surface area contributed by atoms with Gasteiger partial charge in [-0.25, -0.2) is 24.3 Å². The summed E-state index contributed by atoms with van der Waals surface area (Å²) >= 11 is 1.49. The van der Waals surface area contributed by atoms with E-state index in [0.717, 1.165) is 33.0 Å². The van der Waals surface area contributed by atoms with E-state index in [1.807, 2.05) is 69.9 Å². The predicted molar refractivity (Wildman–Crippen MR) is 129 cm³/mol. The van der Waals surface area contributed by atoms with Gasteiger partial charge >= 0.3 is 0 Å². The van der Waals surface area contributed by atoms with Crippen LogP contribution in [0.5, 0.6) is 0 Å². The predicted octanol–water partition coefficient (Wildman–Crippen LogP) is 5.63. The minimum atomic E-state index is -0.350. The lowest BCUT2D eigenvalue weighted by Crippen LogP contribution is -2.03. The van der Waals surface area contributed by atoms with E-state index in [1.54, 1.807) is 10.7 Å². The number of aryl methyl sites for hydroxylation is 3. The summed E-state index contributed by atoms with van der Waals surface area (Å²) in [6, 6.07) is 13.0. The van der Waals surface area contributed by atoms with Crippen LogP contribution < -0.4 is 0 Å². The number of hydrogen-bond acceptors (Lipinski definition) is 6. The van der Waals surface area contributed by atoms with Gasteiger partial charge in [-0.15, -0.1) is 11.8 Å². The van der Waals surface area contributed by atoms with E-state index in [-0.39, 0.29) is 5.82 Å². The van der Waals surface area contributed by atoms with Crippen LogP contribution in [0.3, 0.4) is 0 Å². The summed E-state index contributed by atoms with van der Waals surface area (Å²) in [5.41, 5.74) is 6.07. The maximum Gasteiger partial charge on any atom is 0.182 e. The SMILES string of the molecule is CSc1ccc(-c2nc(-c3cccc(-c4cnn(C)c4)c3)nc3nc(C)c(C)nc23)c(F)c1. The van der Waals surface area contributed by atoms with Gasteiger partial charge in [0.05, 0.1) is 17.6 Å². The summed E-state index contributed by atoms with van der Waals surface area (Å²) in [6.45, 7) is 3.77. The largest absolute Gasteiger partial charge is 0.275 e. The molecule has 0 atom stereocenters. The topological polar surface area (TPSA) is 69.4 Å². The van der Waals surface area contributed by atoms with Crippen LogP contribution in [0.1, 0.15) is 11.4 Å². The van der Waals surface area contributed by atoms with Crippen molar-refractivity contribution in [3.05, 3.63) is 72.1 Å². The number of fused-ring (bicyclic) bond motifs is 1. The lowest BCUT2D eigenvalue weighted by Gasteiger charge is -2.11. The Balaban J connectivity index is 1.74. The Morgan fingerprint density at radius 2 is 1.67 bits per heavy atom. The molecule has 0 aliphatic heterocycles. The molecule has 8 heteroatoms. The maximum atomic E-state index is 15.1. The van der Waals surface area contributed by atoms with E-state index < -0.39 is 0 Å². The summed E-state index contributed by atoms with van der Waals surface area (Å²) in [7, 11) is 1.88. The van der Waals surface area contributed by atoms with Crippen molar-refractivity contribution in [3.8, 4) is 33.8 Å². The second-order valence-corrected chi connectivity index (χ2v) is 8.67. The summed E-state index contributed by atoms with van der Waals surface area (Å²) in [5, 5.41) is 4.26. The van der Waals surface area contributed by atoms with E-state index in [1.165, 1.54) is 17.8 Å². The molecule has 0 aliphatic carbocycles. The number of hydrogen-bond donors (Lipinski definition) is 0. The normalized spacial score (nSPS) is 11.3. The Morgan fingerprint density at radius 3 is 2.39 bits per heavy atom. The fraction of sp³-hybridized carbons (Fsp3) is 0.160. The molecule has 3 aromatic heterocycles. The highest BCUT2D eigenvalue weighted by Gasteiger charge is 2.18. The Morgan fingerprint density at radius 1 is 0.879 bits per heavy atom. The van der Waals surface area contributed by atoms with Gasteiger partial charge in [-0.05, 0) is 49.9 Å². The Bertz CT molecular complexity index is 1510. The van der Waals surface area contributed by atoms with Crippen LogP contribution in [-0.2, 0) is 7.05 Å². The van der Waals surface area contributed by atoms with E-state index in [0.29, 0.717) is 28.2 Å². The van der Waals surface area contributed by atoms with Crippen LogP contribution in [0.25, 0.3) is 44.9 Å². The average molecular weight is 457 g/mol. The van der Waals surface area contributed by atoms with Gasteiger partial charge in [0.15, 0.2) is 11.5 Å². The van der Waals surface area contributed by atoms with Gasteiger partial charge in [0.2, 0.25) is 0 Å². The van der Waals surface area contributed by atoms with E-state index in [9.17, 15) is 0 Å². The number of rotatable bonds is 4. The zero-order valence-corrected chi connectivity index (χ0v) is 19.5. The zero-order valence-electron chi connectivity index (χ0n) is 18.7. The highest BCUT2D eigenvalue weighted by atomic mass is 32.2. The van der Waals surface area contributed by atoms with Gasteiger partial charge in [0, 0.05) is 34.8 Å². The molecule has 0 aliphatic rings. The Kier molecular flexibility index (Phi) is 5.38. The molecule has 0 radical (unpaired) electrons. The molecule has 0 spiro atoms. The fourth-order valence-corrected chi connectivity index (χ4v) is 4.08.